The lowest BCUT2D eigenvalue weighted by molar-refractivity contribution is -0.116. The summed E-state index contributed by atoms with van der Waals surface area (Å²) in [5.74, 6) is 0.949. The average molecular weight is 329 g/mol. The molecule has 0 aliphatic carbocycles. The molecule has 0 radical (unpaired) electrons. The summed E-state index contributed by atoms with van der Waals surface area (Å²) in [6, 6.07) is 4.16. The fourth-order valence-corrected chi connectivity index (χ4v) is 4.12. The predicted octanol–water partition coefficient (Wildman–Crippen LogP) is 3.23. The number of benzene rings is 1. The van der Waals surface area contributed by atoms with Crippen molar-refractivity contribution in [2.75, 3.05) is 30.4 Å². The van der Waals surface area contributed by atoms with Crippen LogP contribution in [0.1, 0.15) is 36.3 Å². The molecule has 4 rings (SSSR count). The fourth-order valence-electron chi connectivity index (χ4n) is 3.53. The number of amides is 1. The van der Waals surface area contributed by atoms with Crippen molar-refractivity contribution in [1.82, 2.24) is 4.37 Å². The zero-order chi connectivity index (χ0) is 15.8. The summed E-state index contributed by atoms with van der Waals surface area (Å²) in [7, 11) is 1.69. The second-order valence-corrected chi connectivity index (χ2v) is 6.73. The maximum Gasteiger partial charge on any atom is 0.225 e. The number of aromatic nitrogens is 1. The van der Waals surface area contributed by atoms with Crippen LogP contribution in [0.4, 0.5) is 11.4 Å². The van der Waals surface area contributed by atoms with E-state index < -0.39 is 0 Å². The van der Waals surface area contributed by atoms with Gasteiger partial charge >= 0.3 is 0 Å². The SMILES string of the molecule is COc1cc2c(cc1N1CCCC1)C(c1cnsc1)CC(=O)N2. The van der Waals surface area contributed by atoms with Crippen LogP contribution in [-0.4, -0.2) is 30.5 Å². The van der Waals surface area contributed by atoms with Gasteiger partial charge in [0.05, 0.1) is 12.8 Å². The van der Waals surface area contributed by atoms with Gasteiger partial charge in [-0.2, -0.15) is 0 Å². The molecule has 120 valence electrons. The molecule has 1 fully saturated rings. The average Bonchev–Trinajstić information content (AvgIpc) is 3.26. The monoisotopic (exact) mass is 329 g/mol. The fraction of sp³-hybridized carbons (Fsp3) is 0.412. The lowest BCUT2D eigenvalue weighted by atomic mass is 9.86. The first-order valence-corrected chi connectivity index (χ1v) is 8.76. The molecular weight excluding hydrogens is 310 g/mol. The quantitative estimate of drug-likeness (QED) is 0.939. The Balaban J connectivity index is 1.82. The normalized spacial score (nSPS) is 20.3. The third-order valence-corrected chi connectivity index (χ3v) is 5.30. The number of ether oxygens (including phenoxy) is 1. The number of methoxy groups -OCH3 is 1. The van der Waals surface area contributed by atoms with Gasteiger partial charge in [-0.15, -0.1) is 0 Å². The number of carbonyl (C=O) groups is 1. The lowest BCUT2D eigenvalue weighted by Gasteiger charge is -2.29. The summed E-state index contributed by atoms with van der Waals surface area (Å²) in [5, 5.41) is 5.02. The van der Waals surface area contributed by atoms with Crippen molar-refractivity contribution in [1.29, 1.82) is 0 Å². The van der Waals surface area contributed by atoms with Crippen LogP contribution in [-0.2, 0) is 4.79 Å². The van der Waals surface area contributed by atoms with Gasteiger partial charge in [0.2, 0.25) is 5.91 Å². The summed E-state index contributed by atoms with van der Waals surface area (Å²) in [4.78, 5) is 14.5. The minimum atomic E-state index is 0.0460. The molecule has 0 spiro atoms. The highest BCUT2D eigenvalue weighted by Crippen LogP contribution is 2.44. The molecule has 1 atom stereocenters. The van der Waals surface area contributed by atoms with Crippen LogP contribution in [0.2, 0.25) is 0 Å². The Bertz CT molecular complexity index is 724. The van der Waals surface area contributed by atoms with Crippen LogP contribution >= 0.6 is 11.5 Å². The number of rotatable bonds is 3. The number of nitrogens with zero attached hydrogens (tertiary/aromatic N) is 2. The number of fused-ring (bicyclic) bond motifs is 1. The number of nitrogens with one attached hydrogen (secondary N) is 1. The Hall–Kier alpha value is -2.08. The van der Waals surface area contributed by atoms with Crippen molar-refractivity contribution in [3.8, 4) is 5.75 Å². The largest absolute Gasteiger partial charge is 0.495 e. The molecule has 3 heterocycles. The van der Waals surface area contributed by atoms with Crippen molar-refractivity contribution in [3.63, 3.8) is 0 Å². The van der Waals surface area contributed by atoms with E-state index >= 15 is 0 Å². The number of anilines is 2. The lowest BCUT2D eigenvalue weighted by Crippen LogP contribution is -2.25. The van der Waals surface area contributed by atoms with Gasteiger partial charge < -0.3 is 15.0 Å². The van der Waals surface area contributed by atoms with Crippen LogP contribution in [0.3, 0.4) is 0 Å². The highest BCUT2D eigenvalue weighted by Gasteiger charge is 2.30. The van der Waals surface area contributed by atoms with Crippen LogP contribution in [0, 0.1) is 0 Å². The molecule has 6 heteroatoms. The highest BCUT2D eigenvalue weighted by molar-refractivity contribution is 7.03. The zero-order valence-electron chi connectivity index (χ0n) is 13.0. The van der Waals surface area contributed by atoms with Crippen LogP contribution in [0.25, 0.3) is 0 Å². The first kappa shape index (κ1) is 14.5. The first-order valence-electron chi connectivity index (χ1n) is 7.92. The number of hydrogen-bond donors (Lipinski definition) is 1. The van der Waals surface area contributed by atoms with E-state index in [9.17, 15) is 4.79 Å². The van der Waals surface area contributed by atoms with Crippen LogP contribution in [0.15, 0.2) is 23.7 Å². The molecule has 0 saturated carbocycles. The molecule has 2 aliphatic rings. The molecule has 1 amide bonds. The van der Waals surface area contributed by atoms with Gasteiger partial charge in [0.15, 0.2) is 0 Å². The molecule has 1 saturated heterocycles. The molecule has 23 heavy (non-hydrogen) atoms. The predicted molar refractivity (Wildman–Crippen MR) is 91.6 cm³/mol. The molecular formula is C17H19N3O2S. The summed E-state index contributed by atoms with van der Waals surface area (Å²) in [6.45, 7) is 2.12. The van der Waals surface area contributed by atoms with E-state index in [2.05, 4.69) is 20.7 Å². The molecule has 1 N–H and O–H groups in total. The molecule has 0 bridgehead atoms. The van der Waals surface area contributed by atoms with Gasteiger partial charge in [-0.25, -0.2) is 4.37 Å². The minimum Gasteiger partial charge on any atom is -0.495 e. The van der Waals surface area contributed by atoms with Gasteiger partial charge in [0.1, 0.15) is 5.75 Å². The summed E-state index contributed by atoms with van der Waals surface area (Å²) in [6.07, 6.45) is 4.78. The summed E-state index contributed by atoms with van der Waals surface area (Å²) in [5.41, 5.74) is 4.27. The van der Waals surface area contributed by atoms with E-state index in [1.807, 2.05) is 17.6 Å². The number of hydrogen-bond acceptors (Lipinski definition) is 5. The van der Waals surface area contributed by atoms with Crippen LogP contribution in [0.5, 0.6) is 5.75 Å². The third-order valence-electron chi connectivity index (χ3n) is 4.69. The van der Waals surface area contributed by atoms with Crippen molar-refractivity contribution in [3.05, 3.63) is 34.8 Å². The van der Waals surface area contributed by atoms with Gasteiger partial charge in [-0.3, -0.25) is 4.79 Å². The first-order chi connectivity index (χ1) is 11.3. The van der Waals surface area contributed by atoms with E-state index in [4.69, 9.17) is 4.74 Å². The maximum absolute atomic E-state index is 12.1. The number of carbonyl (C=O) groups excluding carboxylic acids is 1. The summed E-state index contributed by atoms with van der Waals surface area (Å²) >= 11 is 1.43. The summed E-state index contributed by atoms with van der Waals surface area (Å²) < 4.78 is 9.79. The van der Waals surface area contributed by atoms with E-state index in [0.717, 1.165) is 41.3 Å². The molecule has 5 nitrogen and oxygen atoms in total. The Morgan fingerprint density at radius 3 is 2.87 bits per heavy atom. The van der Waals surface area contributed by atoms with E-state index in [-0.39, 0.29) is 11.8 Å². The molecule has 1 aromatic carbocycles. The van der Waals surface area contributed by atoms with E-state index in [0.29, 0.717) is 6.42 Å². The molecule has 2 aromatic rings. The van der Waals surface area contributed by atoms with Gasteiger partial charge in [-0.1, -0.05) is 0 Å². The van der Waals surface area contributed by atoms with Gasteiger partial charge in [0, 0.05) is 48.8 Å². The highest BCUT2D eigenvalue weighted by atomic mass is 32.1. The maximum atomic E-state index is 12.1. The van der Waals surface area contributed by atoms with Crippen LogP contribution < -0.4 is 15.0 Å². The standard InChI is InChI=1S/C17H19N3O2S/c1-22-16-8-14-13(6-15(16)20-4-2-3-5-20)12(7-17(21)19-14)11-9-18-23-10-11/h6,8-10,12H,2-5,7H2,1H3,(H,19,21). The smallest absolute Gasteiger partial charge is 0.225 e. The van der Waals surface area contributed by atoms with Crippen molar-refractivity contribution < 1.29 is 9.53 Å². The second-order valence-electron chi connectivity index (χ2n) is 6.07. The Kier molecular flexibility index (Phi) is 3.69. The van der Waals surface area contributed by atoms with E-state index in [1.54, 1.807) is 7.11 Å². The Morgan fingerprint density at radius 2 is 2.17 bits per heavy atom. The third kappa shape index (κ3) is 2.57. The van der Waals surface area contributed by atoms with Gasteiger partial charge in [0.25, 0.3) is 0 Å². The Labute approximate surface area is 139 Å². The molecule has 2 aliphatic heterocycles. The Morgan fingerprint density at radius 1 is 1.35 bits per heavy atom. The van der Waals surface area contributed by atoms with Crippen molar-refractivity contribution in [2.45, 2.75) is 25.2 Å². The second kappa shape index (κ2) is 5.85. The van der Waals surface area contributed by atoms with Crippen molar-refractivity contribution >= 4 is 28.8 Å². The van der Waals surface area contributed by atoms with Gasteiger partial charge in [-0.05, 0) is 41.6 Å². The minimum absolute atomic E-state index is 0.0460. The van der Waals surface area contributed by atoms with Crippen molar-refractivity contribution in [2.24, 2.45) is 0 Å². The topological polar surface area (TPSA) is 54.5 Å². The zero-order valence-corrected chi connectivity index (χ0v) is 13.9. The van der Waals surface area contributed by atoms with E-state index in [1.165, 1.54) is 24.4 Å². The molecule has 1 unspecified atom stereocenters. The molecule has 1 aromatic heterocycles.